The molecule has 0 saturated carbocycles. The second kappa shape index (κ2) is 5.95. The van der Waals surface area contributed by atoms with E-state index in [1.807, 2.05) is 0 Å². The summed E-state index contributed by atoms with van der Waals surface area (Å²) in [4.78, 5) is 8.28. The number of benzene rings is 1. The van der Waals surface area contributed by atoms with Gasteiger partial charge in [0.25, 0.3) is 0 Å². The van der Waals surface area contributed by atoms with E-state index in [1.165, 1.54) is 25.6 Å². The van der Waals surface area contributed by atoms with Crippen molar-refractivity contribution in [3.05, 3.63) is 52.7 Å². The van der Waals surface area contributed by atoms with Crippen LogP contribution in [0.1, 0.15) is 17.3 Å². The number of ether oxygens (including phenoxy) is 1. The SMILES string of the molecule is CNC(c1ccc(Cl)cc1F)c1nccnc1OC. The van der Waals surface area contributed by atoms with Gasteiger partial charge in [-0.3, -0.25) is 4.98 Å². The predicted octanol–water partition coefficient (Wildman–Crippen LogP) is 2.59. The lowest BCUT2D eigenvalue weighted by Crippen LogP contribution is -2.21. The molecule has 1 aromatic carbocycles. The number of halogens is 2. The Morgan fingerprint density at radius 1 is 1.32 bits per heavy atom. The van der Waals surface area contributed by atoms with Gasteiger partial charge in [-0.1, -0.05) is 17.7 Å². The van der Waals surface area contributed by atoms with E-state index in [2.05, 4.69) is 15.3 Å². The summed E-state index contributed by atoms with van der Waals surface area (Å²) in [6, 6.07) is 4.06. The Kier molecular flexibility index (Phi) is 4.29. The molecule has 19 heavy (non-hydrogen) atoms. The molecule has 0 aliphatic heterocycles. The number of nitrogens with one attached hydrogen (secondary N) is 1. The first-order chi connectivity index (χ1) is 9.17. The van der Waals surface area contributed by atoms with E-state index in [-0.39, 0.29) is 0 Å². The lowest BCUT2D eigenvalue weighted by atomic mass is 10.0. The highest BCUT2D eigenvalue weighted by Crippen LogP contribution is 2.28. The third-order valence-electron chi connectivity index (χ3n) is 2.72. The number of rotatable bonds is 4. The molecule has 1 atom stereocenters. The van der Waals surface area contributed by atoms with Crippen LogP contribution >= 0.6 is 11.6 Å². The van der Waals surface area contributed by atoms with Gasteiger partial charge in [0.15, 0.2) is 0 Å². The fraction of sp³-hybridized carbons (Fsp3) is 0.231. The van der Waals surface area contributed by atoms with Gasteiger partial charge in [-0.2, -0.15) is 0 Å². The lowest BCUT2D eigenvalue weighted by Gasteiger charge is -2.18. The Morgan fingerprint density at radius 3 is 2.68 bits per heavy atom. The van der Waals surface area contributed by atoms with Gasteiger partial charge in [-0.05, 0) is 19.2 Å². The quantitative estimate of drug-likeness (QED) is 0.936. The number of aromatic nitrogens is 2. The van der Waals surface area contributed by atoms with Crippen LogP contribution in [0.25, 0.3) is 0 Å². The van der Waals surface area contributed by atoms with Crippen molar-refractivity contribution in [1.82, 2.24) is 15.3 Å². The number of nitrogens with zero attached hydrogens (tertiary/aromatic N) is 2. The van der Waals surface area contributed by atoms with Gasteiger partial charge in [0.2, 0.25) is 5.88 Å². The minimum absolute atomic E-state index is 0.349. The summed E-state index contributed by atoms with van der Waals surface area (Å²) >= 11 is 5.76. The molecule has 2 aromatic rings. The molecular formula is C13H13ClFN3O. The predicted molar refractivity (Wildman–Crippen MR) is 70.9 cm³/mol. The first-order valence-corrected chi connectivity index (χ1v) is 6.02. The normalized spacial score (nSPS) is 12.2. The van der Waals surface area contributed by atoms with E-state index in [0.717, 1.165) is 0 Å². The lowest BCUT2D eigenvalue weighted by molar-refractivity contribution is 0.383. The molecule has 0 spiro atoms. The molecule has 0 aliphatic rings. The molecule has 1 N–H and O–H groups in total. The average Bonchev–Trinajstić information content (AvgIpc) is 2.42. The molecule has 0 amide bonds. The minimum atomic E-state index is -0.457. The monoisotopic (exact) mass is 281 g/mol. The standard InChI is InChI=1S/C13H13ClFN3O/c1-16-11(9-4-3-8(14)7-10(9)15)12-13(19-2)18-6-5-17-12/h3-7,11,16H,1-2H3. The summed E-state index contributed by atoms with van der Waals surface area (Å²) in [5, 5.41) is 3.35. The third kappa shape index (κ3) is 2.83. The molecule has 0 fully saturated rings. The average molecular weight is 282 g/mol. The smallest absolute Gasteiger partial charge is 0.237 e. The first-order valence-electron chi connectivity index (χ1n) is 5.64. The van der Waals surface area contributed by atoms with Crippen molar-refractivity contribution >= 4 is 11.6 Å². The summed E-state index contributed by atoms with van der Waals surface area (Å²) in [6.45, 7) is 0. The van der Waals surface area contributed by atoms with Crippen molar-refractivity contribution in [3.63, 3.8) is 0 Å². The third-order valence-corrected chi connectivity index (χ3v) is 2.96. The summed E-state index contributed by atoms with van der Waals surface area (Å²) in [5.74, 6) is -0.0456. The molecule has 0 saturated heterocycles. The molecule has 100 valence electrons. The van der Waals surface area contributed by atoms with E-state index in [1.54, 1.807) is 19.2 Å². The van der Waals surface area contributed by atoms with Gasteiger partial charge in [-0.15, -0.1) is 0 Å². The minimum Gasteiger partial charge on any atom is -0.480 e. The molecule has 0 aliphatic carbocycles. The highest BCUT2D eigenvalue weighted by molar-refractivity contribution is 6.30. The van der Waals surface area contributed by atoms with E-state index in [0.29, 0.717) is 22.2 Å². The molecule has 0 radical (unpaired) electrons. The molecule has 1 unspecified atom stereocenters. The van der Waals surface area contributed by atoms with Crippen LogP contribution in [0.4, 0.5) is 4.39 Å². The zero-order chi connectivity index (χ0) is 13.8. The highest BCUT2D eigenvalue weighted by atomic mass is 35.5. The van der Waals surface area contributed by atoms with Crippen LogP contribution in [0, 0.1) is 5.82 Å². The van der Waals surface area contributed by atoms with Crippen molar-refractivity contribution in [1.29, 1.82) is 0 Å². The molecule has 6 heteroatoms. The van der Waals surface area contributed by atoms with Crippen molar-refractivity contribution in [2.45, 2.75) is 6.04 Å². The Balaban J connectivity index is 2.50. The van der Waals surface area contributed by atoms with Gasteiger partial charge in [-0.25, -0.2) is 9.37 Å². The van der Waals surface area contributed by atoms with Crippen LogP contribution in [0.5, 0.6) is 5.88 Å². The molecule has 1 heterocycles. The van der Waals surface area contributed by atoms with Crippen molar-refractivity contribution in [2.75, 3.05) is 14.2 Å². The van der Waals surface area contributed by atoms with E-state index in [9.17, 15) is 4.39 Å². The van der Waals surface area contributed by atoms with Gasteiger partial charge in [0.05, 0.1) is 13.2 Å². The fourth-order valence-corrected chi connectivity index (χ4v) is 2.03. The Morgan fingerprint density at radius 2 is 2.05 bits per heavy atom. The van der Waals surface area contributed by atoms with Gasteiger partial charge in [0.1, 0.15) is 11.5 Å². The largest absolute Gasteiger partial charge is 0.480 e. The maximum absolute atomic E-state index is 14.0. The second-order valence-corrected chi connectivity index (χ2v) is 4.27. The van der Waals surface area contributed by atoms with Crippen LogP contribution in [-0.2, 0) is 0 Å². The van der Waals surface area contributed by atoms with E-state index >= 15 is 0 Å². The summed E-state index contributed by atoms with van der Waals surface area (Å²) in [5.41, 5.74) is 0.958. The van der Waals surface area contributed by atoms with E-state index < -0.39 is 11.9 Å². The Hall–Kier alpha value is -1.72. The van der Waals surface area contributed by atoms with Crippen molar-refractivity contribution in [3.8, 4) is 5.88 Å². The topological polar surface area (TPSA) is 47.0 Å². The first kappa shape index (κ1) is 13.7. The molecular weight excluding hydrogens is 269 g/mol. The van der Waals surface area contributed by atoms with Crippen molar-refractivity contribution in [2.24, 2.45) is 0 Å². The Labute approximate surface area is 115 Å². The maximum Gasteiger partial charge on any atom is 0.237 e. The molecule has 4 nitrogen and oxygen atoms in total. The van der Waals surface area contributed by atoms with Gasteiger partial charge < -0.3 is 10.1 Å². The zero-order valence-corrected chi connectivity index (χ0v) is 11.3. The number of methoxy groups -OCH3 is 1. The number of hydrogen-bond donors (Lipinski definition) is 1. The zero-order valence-electron chi connectivity index (χ0n) is 10.5. The van der Waals surface area contributed by atoms with Crippen LogP contribution in [0.15, 0.2) is 30.6 Å². The van der Waals surface area contributed by atoms with Crippen LogP contribution in [0.3, 0.4) is 0 Å². The van der Waals surface area contributed by atoms with Crippen molar-refractivity contribution < 1.29 is 9.13 Å². The fourth-order valence-electron chi connectivity index (χ4n) is 1.87. The second-order valence-electron chi connectivity index (χ2n) is 3.84. The van der Waals surface area contributed by atoms with Crippen LogP contribution in [-0.4, -0.2) is 24.1 Å². The van der Waals surface area contributed by atoms with Gasteiger partial charge >= 0.3 is 0 Å². The maximum atomic E-state index is 14.0. The van der Waals surface area contributed by atoms with Crippen LogP contribution in [0.2, 0.25) is 5.02 Å². The van der Waals surface area contributed by atoms with Gasteiger partial charge in [0, 0.05) is 23.0 Å². The number of hydrogen-bond acceptors (Lipinski definition) is 4. The van der Waals surface area contributed by atoms with E-state index in [4.69, 9.17) is 16.3 Å². The molecule has 2 rings (SSSR count). The molecule has 0 bridgehead atoms. The highest BCUT2D eigenvalue weighted by Gasteiger charge is 2.22. The molecule has 1 aromatic heterocycles. The Bertz CT molecular complexity index is 580. The van der Waals surface area contributed by atoms with Crippen LogP contribution < -0.4 is 10.1 Å². The summed E-state index contributed by atoms with van der Waals surface area (Å²) in [6.07, 6.45) is 3.06. The summed E-state index contributed by atoms with van der Waals surface area (Å²) < 4.78 is 19.1. The summed E-state index contributed by atoms with van der Waals surface area (Å²) in [7, 11) is 3.21.